The van der Waals surface area contributed by atoms with E-state index in [0.29, 0.717) is 16.7 Å². The standard InChI is InChI=1S/C14H18N4O2S/c1-4-21-14-16-15-11(3)18(14)17-13(19)9-20-12-7-5-10(2)6-8-12/h5-8H,4,9H2,1-3H3,(H,17,19). The van der Waals surface area contributed by atoms with E-state index in [1.54, 1.807) is 11.6 Å². The Balaban J connectivity index is 1.92. The Hall–Kier alpha value is -2.02. The van der Waals surface area contributed by atoms with Crippen molar-refractivity contribution in [1.29, 1.82) is 0 Å². The molecule has 0 aliphatic rings. The molecule has 0 saturated heterocycles. The number of aryl methyl sites for hydroxylation is 2. The second kappa shape index (κ2) is 7.12. The Morgan fingerprint density at radius 2 is 2.00 bits per heavy atom. The highest BCUT2D eigenvalue weighted by molar-refractivity contribution is 7.99. The summed E-state index contributed by atoms with van der Waals surface area (Å²) in [4.78, 5) is 11.9. The van der Waals surface area contributed by atoms with E-state index < -0.39 is 0 Å². The number of hydrogen-bond acceptors (Lipinski definition) is 5. The van der Waals surface area contributed by atoms with Gasteiger partial charge in [-0.05, 0) is 31.7 Å². The van der Waals surface area contributed by atoms with E-state index in [0.717, 1.165) is 11.3 Å². The molecule has 0 atom stereocenters. The second-order valence-electron chi connectivity index (χ2n) is 4.43. The van der Waals surface area contributed by atoms with Crippen molar-refractivity contribution in [3.8, 4) is 5.75 Å². The van der Waals surface area contributed by atoms with E-state index in [9.17, 15) is 4.79 Å². The first-order chi connectivity index (χ1) is 10.1. The highest BCUT2D eigenvalue weighted by Gasteiger charge is 2.12. The zero-order valence-electron chi connectivity index (χ0n) is 12.3. The highest BCUT2D eigenvalue weighted by atomic mass is 32.2. The Morgan fingerprint density at radius 1 is 1.29 bits per heavy atom. The Morgan fingerprint density at radius 3 is 2.67 bits per heavy atom. The minimum Gasteiger partial charge on any atom is -0.484 e. The van der Waals surface area contributed by atoms with Crippen LogP contribution in [0.3, 0.4) is 0 Å². The van der Waals surface area contributed by atoms with Gasteiger partial charge in [0.05, 0.1) is 0 Å². The van der Waals surface area contributed by atoms with E-state index in [4.69, 9.17) is 4.74 Å². The lowest BCUT2D eigenvalue weighted by molar-refractivity contribution is -0.119. The van der Waals surface area contributed by atoms with Crippen molar-refractivity contribution in [3.63, 3.8) is 0 Å². The van der Waals surface area contributed by atoms with Gasteiger partial charge in [-0.1, -0.05) is 36.4 Å². The van der Waals surface area contributed by atoms with E-state index in [1.165, 1.54) is 11.8 Å². The first-order valence-electron chi connectivity index (χ1n) is 6.64. The number of thioether (sulfide) groups is 1. The molecule has 0 saturated carbocycles. The van der Waals surface area contributed by atoms with Crippen molar-refractivity contribution in [2.24, 2.45) is 0 Å². The molecular formula is C14H18N4O2S. The predicted molar refractivity (Wildman–Crippen MR) is 82.2 cm³/mol. The van der Waals surface area contributed by atoms with Gasteiger partial charge in [0.15, 0.2) is 6.61 Å². The second-order valence-corrected chi connectivity index (χ2v) is 5.67. The van der Waals surface area contributed by atoms with Crippen molar-refractivity contribution in [1.82, 2.24) is 14.9 Å². The monoisotopic (exact) mass is 306 g/mol. The topological polar surface area (TPSA) is 69.0 Å². The van der Waals surface area contributed by atoms with Gasteiger partial charge in [-0.2, -0.15) is 0 Å². The van der Waals surface area contributed by atoms with Gasteiger partial charge in [0.1, 0.15) is 11.6 Å². The summed E-state index contributed by atoms with van der Waals surface area (Å²) in [6, 6.07) is 7.55. The molecule has 0 aliphatic carbocycles. The Kier molecular flexibility index (Phi) is 5.21. The maximum atomic E-state index is 11.9. The molecule has 2 aromatic rings. The largest absolute Gasteiger partial charge is 0.484 e. The van der Waals surface area contributed by atoms with E-state index >= 15 is 0 Å². The van der Waals surface area contributed by atoms with Crippen LogP contribution >= 0.6 is 11.8 Å². The number of rotatable bonds is 6. The lowest BCUT2D eigenvalue weighted by atomic mass is 10.2. The fourth-order valence-corrected chi connectivity index (χ4v) is 2.30. The summed E-state index contributed by atoms with van der Waals surface area (Å²) in [6.07, 6.45) is 0. The SMILES string of the molecule is CCSc1nnc(C)n1NC(=O)COc1ccc(C)cc1. The first-order valence-corrected chi connectivity index (χ1v) is 7.63. The van der Waals surface area contributed by atoms with Gasteiger partial charge in [-0.25, -0.2) is 4.68 Å². The predicted octanol–water partition coefficient (Wildman–Crippen LogP) is 2.16. The van der Waals surface area contributed by atoms with Gasteiger partial charge in [0.25, 0.3) is 5.91 Å². The lowest BCUT2D eigenvalue weighted by Crippen LogP contribution is -2.29. The quantitative estimate of drug-likeness (QED) is 0.828. The molecule has 0 fully saturated rings. The third kappa shape index (κ3) is 4.22. The summed E-state index contributed by atoms with van der Waals surface area (Å²) in [5.74, 6) is 1.90. The number of carbonyl (C=O) groups is 1. The van der Waals surface area contributed by atoms with Gasteiger partial charge in [0, 0.05) is 0 Å². The van der Waals surface area contributed by atoms with E-state index in [1.807, 2.05) is 38.1 Å². The molecule has 6 nitrogen and oxygen atoms in total. The third-order valence-electron chi connectivity index (χ3n) is 2.70. The molecule has 1 heterocycles. The zero-order chi connectivity index (χ0) is 15.2. The molecule has 1 amide bonds. The summed E-state index contributed by atoms with van der Waals surface area (Å²) in [6.45, 7) is 5.74. The fraction of sp³-hybridized carbons (Fsp3) is 0.357. The van der Waals surface area contributed by atoms with Gasteiger partial charge < -0.3 is 4.74 Å². The molecule has 2 rings (SSSR count). The maximum absolute atomic E-state index is 11.9. The molecule has 0 bridgehead atoms. The summed E-state index contributed by atoms with van der Waals surface area (Å²) in [7, 11) is 0. The van der Waals surface area contributed by atoms with Crippen LogP contribution in [0.15, 0.2) is 29.4 Å². The van der Waals surface area contributed by atoms with Crippen LogP contribution in [0.25, 0.3) is 0 Å². The molecule has 0 aliphatic heterocycles. The molecule has 1 N–H and O–H groups in total. The number of aromatic nitrogens is 3. The van der Waals surface area contributed by atoms with Crippen LogP contribution in [-0.2, 0) is 4.79 Å². The summed E-state index contributed by atoms with van der Waals surface area (Å²) < 4.78 is 7.02. The maximum Gasteiger partial charge on any atom is 0.276 e. The fourth-order valence-electron chi connectivity index (χ4n) is 1.63. The normalized spacial score (nSPS) is 10.4. The molecule has 112 valence electrons. The van der Waals surface area contributed by atoms with Gasteiger partial charge in [-0.15, -0.1) is 10.2 Å². The summed E-state index contributed by atoms with van der Waals surface area (Å²) in [5.41, 5.74) is 3.88. The molecule has 21 heavy (non-hydrogen) atoms. The van der Waals surface area contributed by atoms with Crippen molar-refractivity contribution >= 4 is 17.7 Å². The van der Waals surface area contributed by atoms with E-state index in [-0.39, 0.29) is 12.5 Å². The van der Waals surface area contributed by atoms with Crippen LogP contribution in [0.4, 0.5) is 0 Å². The van der Waals surface area contributed by atoms with Crippen molar-refractivity contribution in [2.75, 3.05) is 17.8 Å². The van der Waals surface area contributed by atoms with Crippen molar-refractivity contribution < 1.29 is 9.53 Å². The number of ether oxygens (including phenoxy) is 1. The van der Waals surface area contributed by atoms with Gasteiger partial charge >= 0.3 is 0 Å². The number of benzene rings is 1. The summed E-state index contributed by atoms with van der Waals surface area (Å²) in [5, 5.41) is 8.63. The van der Waals surface area contributed by atoms with Crippen LogP contribution in [-0.4, -0.2) is 33.1 Å². The molecule has 1 aromatic heterocycles. The lowest BCUT2D eigenvalue weighted by Gasteiger charge is -2.10. The Labute approximate surface area is 127 Å². The minimum atomic E-state index is -0.253. The smallest absolute Gasteiger partial charge is 0.276 e. The van der Waals surface area contributed by atoms with E-state index in [2.05, 4.69) is 15.6 Å². The molecule has 1 aromatic carbocycles. The van der Waals surface area contributed by atoms with Crippen LogP contribution in [0.1, 0.15) is 18.3 Å². The number of nitrogens with one attached hydrogen (secondary N) is 1. The van der Waals surface area contributed by atoms with Crippen LogP contribution in [0.2, 0.25) is 0 Å². The highest BCUT2D eigenvalue weighted by Crippen LogP contribution is 2.14. The first kappa shape index (κ1) is 15.4. The number of hydrogen-bond donors (Lipinski definition) is 1. The zero-order valence-corrected chi connectivity index (χ0v) is 13.1. The third-order valence-corrected chi connectivity index (χ3v) is 3.51. The number of carbonyl (C=O) groups excluding carboxylic acids is 1. The molecule has 0 spiro atoms. The van der Waals surface area contributed by atoms with Crippen LogP contribution in [0, 0.1) is 13.8 Å². The van der Waals surface area contributed by atoms with Crippen molar-refractivity contribution in [3.05, 3.63) is 35.7 Å². The number of amides is 1. The number of nitrogens with zero attached hydrogens (tertiary/aromatic N) is 3. The summed E-state index contributed by atoms with van der Waals surface area (Å²) >= 11 is 1.51. The average molecular weight is 306 g/mol. The van der Waals surface area contributed by atoms with Gasteiger partial charge in [-0.3, -0.25) is 10.2 Å². The molecule has 7 heteroatoms. The molecular weight excluding hydrogens is 288 g/mol. The van der Waals surface area contributed by atoms with Crippen LogP contribution in [0.5, 0.6) is 5.75 Å². The Bertz CT molecular complexity index is 610. The van der Waals surface area contributed by atoms with Crippen molar-refractivity contribution in [2.45, 2.75) is 25.9 Å². The average Bonchev–Trinajstić information content (AvgIpc) is 2.80. The van der Waals surface area contributed by atoms with Crippen LogP contribution < -0.4 is 10.2 Å². The van der Waals surface area contributed by atoms with Gasteiger partial charge in [0.2, 0.25) is 5.16 Å². The minimum absolute atomic E-state index is 0.0586. The molecule has 0 radical (unpaired) electrons. The molecule has 0 unspecified atom stereocenters.